The fourth-order valence-electron chi connectivity index (χ4n) is 1.35. The third-order valence-corrected chi connectivity index (χ3v) is 2.23. The SMILES string of the molecule is CCCC(=O)OCOC(=O)c1cccnc1C(C)=O. The molecule has 0 amide bonds. The first-order valence-electron chi connectivity index (χ1n) is 5.85. The number of ether oxygens (including phenoxy) is 2. The maximum atomic E-state index is 11.7. The van der Waals surface area contributed by atoms with E-state index in [4.69, 9.17) is 4.74 Å². The summed E-state index contributed by atoms with van der Waals surface area (Å²) in [7, 11) is 0. The molecule has 0 N–H and O–H groups in total. The zero-order valence-corrected chi connectivity index (χ0v) is 10.8. The minimum Gasteiger partial charge on any atom is -0.428 e. The van der Waals surface area contributed by atoms with E-state index in [2.05, 4.69) is 9.72 Å². The van der Waals surface area contributed by atoms with Crippen molar-refractivity contribution in [3.05, 3.63) is 29.6 Å². The molecule has 0 fully saturated rings. The molecule has 0 aromatic carbocycles. The van der Waals surface area contributed by atoms with Crippen molar-refractivity contribution >= 4 is 17.7 Å². The van der Waals surface area contributed by atoms with Gasteiger partial charge in [0.1, 0.15) is 5.69 Å². The summed E-state index contributed by atoms with van der Waals surface area (Å²) in [5, 5.41) is 0. The Bertz CT molecular complexity index is 484. The maximum absolute atomic E-state index is 11.7. The molecule has 0 aliphatic heterocycles. The van der Waals surface area contributed by atoms with E-state index in [0.717, 1.165) is 0 Å². The van der Waals surface area contributed by atoms with Gasteiger partial charge in [-0.15, -0.1) is 0 Å². The van der Waals surface area contributed by atoms with Crippen molar-refractivity contribution in [1.29, 1.82) is 0 Å². The second-order valence-electron chi connectivity index (χ2n) is 3.77. The van der Waals surface area contributed by atoms with E-state index in [-0.39, 0.29) is 23.5 Å². The van der Waals surface area contributed by atoms with Crippen molar-refractivity contribution in [2.45, 2.75) is 26.7 Å². The number of ketones is 1. The van der Waals surface area contributed by atoms with E-state index in [0.29, 0.717) is 6.42 Å². The van der Waals surface area contributed by atoms with Gasteiger partial charge in [0, 0.05) is 19.5 Å². The summed E-state index contributed by atoms with van der Waals surface area (Å²) in [4.78, 5) is 37.9. The fraction of sp³-hybridized carbons (Fsp3) is 0.385. The molecule has 0 saturated heterocycles. The lowest BCUT2D eigenvalue weighted by Crippen LogP contribution is -2.15. The van der Waals surface area contributed by atoms with Gasteiger partial charge in [-0.05, 0) is 18.6 Å². The smallest absolute Gasteiger partial charge is 0.343 e. The van der Waals surface area contributed by atoms with Gasteiger partial charge in [0.15, 0.2) is 5.78 Å². The second-order valence-corrected chi connectivity index (χ2v) is 3.77. The Kier molecular flexibility index (Phi) is 5.66. The summed E-state index contributed by atoms with van der Waals surface area (Å²) in [6.07, 6.45) is 2.34. The quantitative estimate of drug-likeness (QED) is 0.442. The van der Waals surface area contributed by atoms with Gasteiger partial charge >= 0.3 is 11.9 Å². The molecule has 1 aromatic rings. The highest BCUT2D eigenvalue weighted by atomic mass is 16.7. The number of aromatic nitrogens is 1. The molecule has 1 heterocycles. The van der Waals surface area contributed by atoms with Crippen LogP contribution < -0.4 is 0 Å². The van der Waals surface area contributed by atoms with Crippen LogP contribution in [0.2, 0.25) is 0 Å². The molecule has 6 heteroatoms. The molecule has 0 unspecified atom stereocenters. The van der Waals surface area contributed by atoms with E-state index >= 15 is 0 Å². The van der Waals surface area contributed by atoms with E-state index in [1.165, 1.54) is 25.3 Å². The minimum atomic E-state index is -0.748. The Labute approximate surface area is 110 Å². The van der Waals surface area contributed by atoms with Gasteiger partial charge in [-0.3, -0.25) is 14.6 Å². The minimum absolute atomic E-state index is 0.0346. The lowest BCUT2D eigenvalue weighted by Gasteiger charge is -2.07. The van der Waals surface area contributed by atoms with Crippen LogP contribution in [0, 0.1) is 0 Å². The second kappa shape index (κ2) is 7.25. The average molecular weight is 265 g/mol. The number of nitrogens with zero attached hydrogens (tertiary/aromatic N) is 1. The number of hydrogen-bond donors (Lipinski definition) is 0. The van der Waals surface area contributed by atoms with Crippen LogP contribution in [0.3, 0.4) is 0 Å². The number of pyridine rings is 1. The summed E-state index contributed by atoms with van der Waals surface area (Å²) in [6.45, 7) is 2.67. The lowest BCUT2D eigenvalue weighted by molar-refractivity contribution is -0.152. The van der Waals surface area contributed by atoms with Crippen LogP contribution in [0.5, 0.6) is 0 Å². The van der Waals surface area contributed by atoms with Crippen LogP contribution in [-0.2, 0) is 14.3 Å². The summed E-state index contributed by atoms with van der Waals surface area (Å²) >= 11 is 0. The molecule has 0 aliphatic carbocycles. The van der Waals surface area contributed by atoms with Gasteiger partial charge in [0.05, 0.1) is 5.56 Å². The fourth-order valence-corrected chi connectivity index (χ4v) is 1.35. The zero-order chi connectivity index (χ0) is 14.3. The third-order valence-electron chi connectivity index (χ3n) is 2.23. The molecular weight excluding hydrogens is 250 g/mol. The van der Waals surface area contributed by atoms with E-state index < -0.39 is 18.7 Å². The highest BCUT2D eigenvalue weighted by molar-refractivity contribution is 6.03. The molecule has 0 radical (unpaired) electrons. The number of esters is 2. The largest absolute Gasteiger partial charge is 0.428 e. The molecule has 1 rings (SSSR count). The number of hydrogen-bond acceptors (Lipinski definition) is 6. The van der Waals surface area contributed by atoms with Gasteiger partial charge in [-0.2, -0.15) is 0 Å². The summed E-state index contributed by atoms with van der Waals surface area (Å²) in [6, 6.07) is 2.95. The van der Waals surface area contributed by atoms with Gasteiger partial charge < -0.3 is 9.47 Å². The number of rotatable bonds is 6. The maximum Gasteiger partial charge on any atom is 0.343 e. The zero-order valence-electron chi connectivity index (χ0n) is 10.8. The molecule has 19 heavy (non-hydrogen) atoms. The monoisotopic (exact) mass is 265 g/mol. The number of carbonyl (C=O) groups excluding carboxylic acids is 3. The van der Waals surface area contributed by atoms with Crippen LogP contribution in [0.1, 0.15) is 47.5 Å². The number of carbonyl (C=O) groups is 3. The first-order valence-corrected chi connectivity index (χ1v) is 5.85. The van der Waals surface area contributed by atoms with Crippen molar-refractivity contribution in [3.63, 3.8) is 0 Å². The Morgan fingerprint density at radius 3 is 2.63 bits per heavy atom. The van der Waals surface area contributed by atoms with Gasteiger partial charge in [0.25, 0.3) is 0 Å². The van der Waals surface area contributed by atoms with E-state index in [1.54, 1.807) is 0 Å². The topological polar surface area (TPSA) is 82.6 Å². The molecule has 6 nitrogen and oxygen atoms in total. The van der Waals surface area contributed by atoms with Crippen LogP contribution in [-0.4, -0.2) is 29.5 Å². The Hall–Kier alpha value is -2.24. The molecular formula is C13H15NO5. The van der Waals surface area contributed by atoms with Crippen LogP contribution in [0.4, 0.5) is 0 Å². The van der Waals surface area contributed by atoms with Crippen LogP contribution in [0.25, 0.3) is 0 Å². The van der Waals surface area contributed by atoms with E-state index in [9.17, 15) is 14.4 Å². The van der Waals surface area contributed by atoms with Gasteiger partial charge in [-0.1, -0.05) is 6.92 Å². The van der Waals surface area contributed by atoms with Crippen molar-refractivity contribution in [3.8, 4) is 0 Å². The highest BCUT2D eigenvalue weighted by Crippen LogP contribution is 2.08. The summed E-state index contributed by atoms with van der Waals surface area (Å²) in [5.41, 5.74) is 0.0916. The first-order chi connectivity index (χ1) is 9.06. The Morgan fingerprint density at radius 1 is 1.26 bits per heavy atom. The van der Waals surface area contributed by atoms with Crippen LogP contribution in [0.15, 0.2) is 18.3 Å². The van der Waals surface area contributed by atoms with Gasteiger partial charge in [-0.25, -0.2) is 4.79 Å². The molecule has 0 spiro atoms. The van der Waals surface area contributed by atoms with Crippen molar-refractivity contribution in [2.75, 3.05) is 6.79 Å². The molecule has 1 aromatic heterocycles. The third kappa shape index (κ3) is 4.50. The van der Waals surface area contributed by atoms with Crippen LogP contribution >= 0.6 is 0 Å². The number of Topliss-reactive ketones (excluding diaryl/α,β-unsaturated/α-hetero) is 1. The molecule has 102 valence electrons. The standard InChI is InChI=1S/C13H15NO5/c1-3-5-11(16)18-8-19-13(17)10-6-4-7-14-12(10)9(2)15/h4,6-7H,3,5,8H2,1-2H3. The molecule has 0 atom stereocenters. The van der Waals surface area contributed by atoms with E-state index in [1.807, 2.05) is 6.92 Å². The van der Waals surface area contributed by atoms with Gasteiger partial charge in [0.2, 0.25) is 6.79 Å². The molecule has 0 saturated carbocycles. The average Bonchev–Trinajstić information content (AvgIpc) is 2.38. The van der Waals surface area contributed by atoms with Crippen molar-refractivity contribution in [2.24, 2.45) is 0 Å². The lowest BCUT2D eigenvalue weighted by atomic mass is 10.1. The Balaban J connectivity index is 2.59. The predicted molar refractivity (Wildman–Crippen MR) is 65.5 cm³/mol. The normalized spacial score (nSPS) is 9.79. The Morgan fingerprint density at radius 2 is 2.00 bits per heavy atom. The van der Waals surface area contributed by atoms with Crippen molar-refractivity contribution < 1.29 is 23.9 Å². The van der Waals surface area contributed by atoms with Crippen molar-refractivity contribution in [1.82, 2.24) is 4.98 Å². The molecule has 0 bridgehead atoms. The first kappa shape index (κ1) is 14.8. The highest BCUT2D eigenvalue weighted by Gasteiger charge is 2.16. The predicted octanol–water partition coefficient (Wildman–Crippen LogP) is 1.74. The summed E-state index contributed by atoms with van der Waals surface area (Å²) < 4.78 is 9.45. The molecule has 0 aliphatic rings. The summed E-state index contributed by atoms with van der Waals surface area (Å²) in [5.74, 6) is -1.52.